The minimum absolute atomic E-state index is 0.136. The number of thioether (sulfide) groups is 1. The van der Waals surface area contributed by atoms with E-state index in [0.717, 1.165) is 11.3 Å². The molecule has 0 radical (unpaired) electrons. The molecule has 2 rings (SSSR count). The second-order valence-corrected chi connectivity index (χ2v) is 6.62. The van der Waals surface area contributed by atoms with Crippen molar-refractivity contribution in [2.45, 2.75) is 26.6 Å². The molecule has 0 bridgehead atoms. The zero-order valence-electron chi connectivity index (χ0n) is 15.7. The van der Waals surface area contributed by atoms with Gasteiger partial charge < -0.3 is 19.2 Å². The first-order chi connectivity index (χ1) is 13.1. The third-order valence-electron chi connectivity index (χ3n) is 3.63. The summed E-state index contributed by atoms with van der Waals surface area (Å²) in [5.41, 5.74) is 0.177. The molecule has 1 unspecified atom stereocenters. The van der Waals surface area contributed by atoms with Gasteiger partial charge in [0.05, 0.1) is 13.2 Å². The molecular formula is C19H24N2O5S. The van der Waals surface area contributed by atoms with E-state index >= 15 is 0 Å². The number of rotatable bonds is 10. The molecule has 1 atom stereocenters. The van der Waals surface area contributed by atoms with Gasteiger partial charge in [-0.3, -0.25) is 4.79 Å². The van der Waals surface area contributed by atoms with Gasteiger partial charge in [0.2, 0.25) is 5.75 Å². The molecule has 0 saturated heterocycles. The molecule has 1 aromatic carbocycles. The highest BCUT2D eigenvalue weighted by molar-refractivity contribution is 7.98. The summed E-state index contributed by atoms with van der Waals surface area (Å²) in [5, 5.41) is 0. The normalized spacial score (nSPS) is 11.8. The maximum atomic E-state index is 12.5. The van der Waals surface area contributed by atoms with E-state index in [1.165, 1.54) is 0 Å². The molecule has 0 aliphatic carbocycles. The predicted molar refractivity (Wildman–Crippen MR) is 104 cm³/mol. The summed E-state index contributed by atoms with van der Waals surface area (Å²) in [4.78, 5) is 31.7. The van der Waals surface area contributed by atoms with Crippen LogP contribution in [0.2, 0.25) is 0 Å². The molecule has 7 nitrogen and oxygen atoms in total. The molecule has 0 aliphatic rings. The van der Waals surface area contributed by atoms with Gasteiger partial charge in [0.25, 0.3) is 5.56 Å². The zero-order chi connectivity index (χ0) is 19.6. The number of hydrogen-bond donors (Lipinski definition) is 1. The van der Waals surface area contributed by atoms with Crippen LogP contribution in [0.25, 0.3) is 0 Å². The quantitative estimate of drug-likeness (QED) is 0.491. The smallest absolute Gasteiger partial charge is 0.361 e. The Balaban J connectivity index is 2.28. The van der Waals surface area contributed by atoms with Gasteiger partial charge in [0.15, 0.2) is 5.69 Å². The number of nitrogens with one attached hydrogen (secondary N) is 1. The molecule has 0 saturated carbocycles. The Morgan fingerprint density at radius 2 is 2.04 bits per heavy atom. The first-order valence-electron chi connectivity index (χ1n) is 8.65. The van der Waals surface area contributed by atoms with Crippen LogP contribution in [-0.2, 0) is 16.1 Å². The number of esters is 1. The SMILES string of the molecule is CCOC(=O)c1nc(C(C)OCCSC)[nH]c(=O)c1OCc1ccccc1. The lowest BCUT2D eigenvalue weighted by Gasteiger charge is -2.15. The van der Waals surface area contributed by atoms with Crippen molar-refractivity contribution in [2.75, 3.05) is 25.2 Å². The number of aromatic amines is 1. The molecule has 1 heterocycles. The van der Waals surface area contributed by atoms with Gasteiger partial charge in [0, 0.05) is 5.75 Å². The number of H-pyrrole nitrogens is 1. The predicted octanol–water partition coefficient (Wildman–Crippen LogP) is 2.97. The van der Waals surface area contributed by atoms with Crippen molar-refractivity contribution in [1.29, 1.82) is 0 Å². The highest BCUT2D eigenvalue weighted by Crippen LogP contribution is 2.18. The minimum atomic E-state index is -0.704. The summed E-state index contributed by atoms with van der Waals surface area (Å²) >= 11 is 1.65. The van der Waals surface area contributed by atoms with Crippen molar-refractivity contribution in [1.82, 2.24) is 9.97 Å². The molecule has 0 fully saturated rings. The summed E-state index contributed by atoms with van der Waals surface area (Å²) in [5.74, 6) is 0.218. The minimum Gasteiger partial charge on any atom is -0.481 e. The number of benzene rings is 1. The third kappa shape index (κ3) is 6.11. The monoisotopic (exact) mass is 392 g/mol. The van der Waals surface area contributed by atoms with E-state index in [9.17, 15) is 9.59 Å². The van der Waals surface area contributed by atoms with Crippen LogP contribution in [0, 0.1) is 0 Å². The van der Waals surface area contributed by atoms with Gasteiger partial charge in [-0.1, -0.05) is 30.3 Å². The maximum Gasteiger partial charge on any atom is 0.361 e. The molecule has 146 valence electrons. The lowest BCUT2D eigenvalue weighted by atomic mass is 10.2. The summed E-state index contributed by atoms with van der Waals surface area (Å²) in [7, 11) is 0. The van der Waals surface area contributed by atoms with Crippen LogP contribution < -0.4 is 10.3 Å². The molecule has 27 heavy (non-hydrogen) atoms. The van der Waals surface area contributed by atoms with Crippen molar-refractivity contribution in [3.63, 3.8) is 0 Å². The van der Waals surface area contributed by atoms with Gasteiger partial charge in [-0.25, -0.2) is 9.78 Å². The van der Waals surface area contributed by atoms with Gasteiger partial charge in [-0.2, -0.15) is 11.8 Å². The summed E-state index contributed by atoms with van der Waals surface area (Å²) in [6.07, 6.45) is 1.51. The van der Waals surface area contributed by atoms with Gasteiger partial charge in [-0.05, 0) is 25.7 Å². The molecule has 0 aliphatic heterocycles. The van der Waals surface area contributed by atoms with Crippen LogP contribution in [0.15, 0.2) is 35.1 Å². The molecule has 0 spiro atoms. The van der Waals surface area contributed by atoms with Crippen molar-refractivity contribution in [2.24, 2.45) is 0 Å². The second kappa shape index (κ2) is 10.7. The Morgan fingerprint density at radius 1 is 1.30 bits per heavy atom. The molecule has 1 N–H and O–H groups in total. The first-order valence-corrected chi connectivity index (χ1v) is 10.0. The number of aromatic nitrogens is 2. The van der Waals surface area contributed by atoms with Crippen molar-refractivity contribution in [3.8, 4) is 5.75 Å². The molecule has 0 amide bonds. The summed E-state index contributed by atoms with van der Waals surface area (Å²) in [6.45, 7) is 4.26. The van der Waals surface area contributed by atoms with Crippen LogP contribution in [0.1, 0.15) is 41.8 Å². The standard InChI is InChI=1S/C19H24N2O5S/c1-4-24-19(23)15-16(26-12-14-8-6-5-7-9-14)18(22)21-17(20-15)13(2)25-10-11-27-3/h5-9,13H,4,10-12H2,1-3H3,(H,20,21,22). The summed E-state index contributed by atoms with van der Waals surface area (Å²) in [6, 6.07) is 9.34. The van der Waals surface area contributed by atoms with Gasteiger partial charge in [0.1, 0.15) is 18.5 Å². The fourth-order valence-corrected chi connectivity index (χ4v) is 2.52. The zero-order valence-corrected chi connectivity index (χ0v) is 16.5. The van der Waals surface area contributed by atoms with Crippen LogP contribution >= 0.6 is 11.8 Å². The maximum absolute atomic E-state index is 12.5. The largest absolute Gasteiger partial charge is 0.481 e. The third-order valence-corrected chi connectivity index (χ3v) is 4.21. The number of carbonyl (C=O) groups is 1. The number of nitrogens with zero attached hydrogens (tertiary/aromatic N) is 1. The van der Waals surface area contributed by atoms with Crippen LogP contribution in [0.3, 0.4) is 0 Å². The lowest BCUT2D eigenvalue weighted by molar-refractivity contribution is 0.0505. The van der Waals surface area contributed by atoms with E-state index in [-0.39, 0.29) is 30.5 Å². The van der Waals surface area contributed by atoms with Crippen molar-refractivity contribution in [3.05, 3.63) is 57.8 Å². The number of ether oxygens (including phenoxy) is 3. The van der Waals surface area contributed by atoms with E-state index in [1.807, 2.05) is 36.6 Å². The Hall–Kier alpha value is -2.32. The number of hydrogen-bond acceptors (Lipinski definition) is 7. The summed E-state index contributed by atoms with van der Waals surface area (Å²) < 4.78 is 16.3. The average Bonchev–Trinajstić information content (AvgIpc) is 2.67. The van der Waals surface area contributed by atoms with Crippen molar-refractivity contribution < 1.29 is 19.0 Å². The van der Waals surface area contributed by atoms with E-state index in [4.69, 9.17) is 14.2 Å². The molecular weight excluding hydrogens is 368 g/mol. The highest BCUT2D eigenvalue weighted by Gasteiger charge is 2.23. The van der Waals surface area contributed by atoms with Crippen molar-refractivity contribution >= 4 is 17.7 Å². The van der Waals surface area contributed by atoms with E-state index in [2.05, 4.69) is 9.97 Å². The van der Waals surface area contributed by atoms with Crippen LogP contribution in [0.5, 0.6) is 5.75 Å². The fraction of sp³-hybridized carbons (Fsp3) is 0.421. The van der Waals surface area contributed by atoms with E-state index in [0.29, 0.717) is 6.61 Å². The molecule has 8 heteroatoms. The van der Waals surface area contributed by atoms with Gasteiger partial charge >= 0.3 is 5.97 Å². The Morgan fingerprint density at radius 3 is 2.70 bits per heavy atom. The molecule has 1 aromatic heterocycles. The average molecular weight is 392 g/mol. The van der Waals surface area contributed by atoms with Crippen LogP contribution in [0.4, 0.5) is 0 Å². The first kappa shape index (κ1) is 21.0. The Bertz CT molecular complexity index is 794. The van der Waals surface area contributed by atoms with E-state index in [1.54, 1.807) is 25.6 Å². The Labute approximate surface area is 162 Å². The van der Waals surface area contributed by atoms with Crippen LogP contribution in [-0.4, -0.2) is 41.2 Å². The molecule has 2 aromatic rings. The van der Waals surface area contributed by atoms with E-state index < -0.39 is 17.6 Å². The fourth-order valence-electron chi connectivity index (χ4n) is 2.26. The topological polar surface area (TPSA) is 90.5 Å². The van der Waals surface area contributed by atoms with Gasteiger partial charge in [-0.15, -0.1) is 0 Å². The highest BCUT2D eigenvalue weighted by atomic mass is 32.2. The Kier molecular flexibility index (Phi) is 8.35. The second-order valence-electron chi connectivity index (χ2n) is 5.63. The lowest BCUT2D eigenvalue weighted by Crippen LogP contribution is -2.23. The number of carbonyl (C=O) groups excluding carboxylic acids is 1.